The molecule has 17 heavy (non-hydrogen) atoms. The van der Waals surface area contributed by atoms with Gasteiger partial charge in [0.05, 0.1) is 0 Å². The lowest BCUT2D eigenvalue weighted by Gasteiger charge is -2.17. The second kappa shape index (κ2) is 5.05. The number of benzene rings is 1. The van der Waals surface area contributed by atoms with Crippen LogP contribution in [0.5, 0.6) is 0 Å². The molecule has 0 aliphatic heterocycles. The highest BCUT2D eigenvalue weighted by molar-refractivity contribution is 6.31. The van der Waals surface area contributed by atoms with E-state index in [1.807, 2.05) is 19.1 Å². The van der Waals surface area contributed by atoms with Crippen molar-refractivity contribution in [2.75, 3.05) is 0 Å². The van der Waals surface area contributed by atoms with Crippen LogP contribution in [0.2, 0.25) is 5.02 Å². The van der Waals surface area contributed by atoms with E-state index in [1.165, 1.54) is 0 Å². The predicted molar refractivity (Wildman–Crippen MR) is 71.6 cm³/mol. The van der Waals surface area contributed by atoms with Gasteiger partial charge in [-0.25, -0.2) is 0 Å². The highest BCUT2D eigenvalue weighted by Crippen LogP contribution is 2.26. The average molecular weight is 249 g/mol. The van der Waals surface area contributed by atoms with Gasteiger partial charge in [0.15, 0.2) is 5.78 Å². The first-order valence-corrected chi connectivity index (χ1v) is 6.45. The quantitative estimate of drug-likeness (QED) is 0.701. The molecule has 1 atom stereocenters. The van der Waals surface area contributed by atoms with Crippen LogP contribution in [-0.2, 0) is 0 Å². The van der Waals surface area contributed by atoms with E-state index in [0.29, 0.717) is 16.5 Å². The van der Waals surface area contributed by atoms with Crippen molar-refractivity contribution < 1.29 is 4.79 Å². The third-order valence-electron chi connectivity index (χ3n) is 3.40. The van der Waals surface area contributed by atoms with E-state index in [0.717, 1.165) is 30.4 Å². The number of aryl methyl sites for hydroxylation is 1. The second-order valence-electron chi connectivity index (χ2n) is 4.90. The molecule has 2 rings (SSSR count). The van der Waals surface area contributed by atoms with Gasteiger partial charge in [-0.3, -0.25) is 4.79 Å². The smallest absolute Gasteiger partial charge is 0.188 e. The molecule has 0 bridgehead atoms. The molecule has 1 unspecified atom stereocenters. The molecule has 0 saturated heterocycles. The van der Waals surface area contributed by atoms with Gasteiger partial charge in [-0.15, -0.1) is 0 Å². The zero-order valence-electron chi connectivity index (χ0n) is 10.3. The third kappa shape index (κ3) is 2.78. The van der Waals surface area contributed by atoms with Gasteiger partial charge in [0, 0.05) is 10.6 Å². The molecule has 1 aromatic carbocycles. The molecule has 1 aliphatic carbocycles. The van der Waals surface area contributed by atoms with E-state index in [4.69, 9.17) is 11.6 Å². The van der Waals surface area contributed by atoms with Crippen molar-refractivity contribution in [3.05, 3.63) is 46.0 Å². The van der Waals surface area contributed by atoms with Crippen LogP contribution in [0.1, 0.15) is 42.1 Å². The van der Waals surface area contributed by atoms with Crippen LogP contribution in [-0.4, -0.2) is 5.78 Å². The Morgan fingerprint density at radius 3 is 2.76 bits per heavy atom. The summed E-state index contributed by atoms with van der Waals surface area (Å²) in [7, 11) is 0. The summed E-state index contributed by atoms with van der Waals surface area (Å²) in [6.07, 6.45) is 5.10. The molecule has 0 N–H and O–H groups in total. The molecule has 0 aromatic heterocycles. The summed E-state index contributed by atoms with van der Waals surface area (Å²) in [5.41, 5.74) is 2.67. The van der Waals surface area contributed by atoms with Crippen molar-refractivity contribution in [3.8, 4) is 0 Å². The Hall–Kier alpha value is -1.08. The number of carbonyl (C=O) groups excluding carboxylic acids is 1. The van der Waals surface area contributed by atoms with E-state index < -0.39 is 0 Å². The van der Waals surface area contributed by atoms with Crippen molar-refractivity contribution in [2.24, 2.45) is 5.92 Å². The number of hydrogen-bond donors (Lipinski definition) is 0. The van der Waals surface area contributed by atoms with Gasteiger partial charge in [0.25, 0.3) is 0 Å². The maximum atomic E-state index is 12.2. The predicted octanol–water partition coefficient (Wildman–Crippen LogP) is 4.58. The lowest BCUT2D eigenvalue weighted by Crippen LogP contribution is -2.10. The number of hydrogen-bond acceptors (Lipinski definition) is 1. The van der Waals surface area contributed by atoms with Gasteiger partial charge in [-0.2, -0.15) is 0 Å². The van der Waals surface area contributed by atoms with Crippen LogP contribution in [0.3, 0.4) is 0 Å². The molecule has 1 aliphatic rings. The highest BCUT2D eigenvalue weighted by Gasteiger charge is 2.17. The minimum atomic E-state index is 0.138. The lowest BCUT2D eigenvalue weighted by molar-refractivity contribution is 0.102. The Morgan fingerprint density at radius 1 is 1.41 bits per heavy atom. The summed E-state index contributed by atoms with van der Waals surface area (Å²) in [4.78, 5) is 12.2. The molecule has 0 fully saturated rings. The number of allylic oxidation sites excluding steroid dienone is 2. The normalized spacial score (nSPS) is 19.9. The van der Waals surface area contributed by atoms with Gasteiger partial charge in [0.1, 0.15) is 0 Å². The van der Waals surface area contributed by atoms with Crippen LogP contribution in [0.4, 0.5) is 0 Å². The van der Waals surface area contributed by atoms with Crippen LogP contribution in [0.25, 0.3) is 0 Å². The van der Waals surface area contributed by atoms with E-state index >= 15 is 0 Å². The summed E-state index contributed by atoms with van der Waals surface area (Å²) in [5, 5.41) is 0.667. The number of Topliss-reactive ketones (excluding diaryl/α,β-unsaturated/α-hetero) is 1. The molecule has 0 amide bonds. The minimum absolute atomic E-state index is 0.138. The first kappa shape index (κ1) is 12.4. The van der Waals surface area contributed by atoms with Crippen molar-refractivity contribution in [2.45, 2.75) is 33.1 Å². The third-order valence-corrected chi connectivity index (χ3v) is 3.81. The molecule has 2 heteroatoms. The Bertz CT molecular complexity index is 474. The molecule has 0 saturated carbocycles. The first-order valence-electron chi connectivity index (χ1n) is 6.08. The number of carbonyl (C=O) groups is 1. The minimum Gasteiger partial charge on any atom is -0.289 e. The zero-order valence-corrected chi connectivity index (χ0v) is 11.1. The van der Waals surface area contributed by atoms with Gasteiger partial charge >= 0.3 is 0 Å². The molecule has 0 heterocycles. The van der Waals surface area contributed by atoms with Crippen molar-refractivity contribution >= 4 is 17.4 Å². The Morgan fingerprint density at radius 2 is 2.18 bits per heavy atom. The van der Waals surface area contributed by atoms with E-state index in [1.54, 1.807) is 6.07 Å². The maximum absolute atomic E-state index is 12.2. The summed E-state index contributed by atoms with van der Waals surface area (Å²) in [6.45, 7) is 4.17. The summed E-state index contributed by atoms with van der Waals surface area (Å²) in [6, 6.07) is 5.54. The second-order valence-corrected chi connectivity index (χ2v) is 5.31. The Kier molecular flexibility index (Phi) is 3.68. The van der Waals surface area contributed by atoms with E-state index in [9.17, 15) is 4.79 Å². The maximum Gasteiger partial charge on any atom is 0.188 e. The molecular formula is C15H17ClO. The molecule has 0 radical (unpaired) electrons. The van der Waals surface area contributed by atoms with Gasteiger partial charge in [-0.05, 0) is 49.3 Å². The zero-order chi connectivity index (χ0) is 12.4. The summed E-state index contributed by atoms with van der Waals surface area (Å²) >= 11 is 6.05. The average Bonchev–Trinajstić information content (AvgIpc) is 2.33. The number of ketones is 1. The number of rotatable bonds is 2. The largest absolute Gasteiger partial charge is 0.289 e. The molecule has 0 spiro atoms. The number of halogens is 1. The van der Waals surface area contributed by atoms with Crippen molar-refractivity contribution in [1.29, 1.82) is 0 Å². The van der Waals surface area contributed by atoms with Crippen molar-refractivity contribution in [3.63, 3.8) is 0 Å². The molecule has 1 nitrogen and oxygen atoms in total. The highest BCUT2D eigenvalue weighted by atomic mass is 35.5. The lowest BCUT2D eigenvalue weighted by atomic mass is 9.87. The van der Waals surface area contributed by atoms with Crippen LogP contribution >= 0.6 is 11.6 Å². The van der Waals surface area contributed by atoms with Gasteiger partial charge in [0.2, 0.25) is 0 Å². The molecule has 90 valence electrons. The topological polar surface area (TPSA) is 17.1 Å². The van der Waals surface area contributed by atoms with Gasteiger partial charge in [-0.1, -0.05) is 36.7 Å². The fraction of sp³-hybridized carbons (Fsp3) is 0.400. The van der Waals surface area contributed by atoms with E-state index in [2.05, 4.69) is 13.0 Å². The standard InChI is InChI=1S/C15H17ClO/c1-10-3-6-12(7-4-10)15(17)13-8-5-11(2)14(16)9-13/h5-6,8-10H,3-4,7H2,1-2H3. The Balaban J connectivity index is 2.22. The summed E-state index contributed by atoms with van der Waals surface area (Å²) in [5.74, 6) is 0.840. The monoisotopic (exact) mass is 248 g/mol. The van der Waals surface area contributed by atoms with E-state index in [-0.39, 0.29) is 5.78 Å². The molecular weight excluding hydrogens is 232 g/mol. The Labute approximate surface area is 107 Å². The van der Waals surface area contributed by atoms with Crippen LogP contribution in [0.15, 0.2) is 29.8 Å². The van der Waals surface area contributed by atoms with Crippen LogP contribution < -0.4 is 0 Å². The fourth-order valence-corrected chi connectivity index (χ4v) is 2.27. The SMILES string of the molecule is Cc1ccc(C(=O)C2=CCC(C)CC2)cc1Cl. The fourth-order valence-electron chi connectivity index (χ4n) is 2.09. The molecule has 1 aromatic rings. The van der Waals surface area contributed by atoms with Crippen molar-refractivity contribution in [1.82, 2.24) is 0 Å². The van der Waals surface area contributed by atoms with Crippen LogP contribution in [0, 0.1) is 12.8 Å². The first-order chi connectivity index (χ1) is 8.08. The summed E-state index contributed by atoms with van der Waals surface area (Å²) < 4.78 is 0. The van der Waals surface area contributed by atoms with Gasteiger partial charge < -0.3 is 0 Å².